The third-order valence-electron chi connectivity index (χ3n) is 5.23. The largest absolute Gasteiger partial charge is 0.464 e. The van der Waals surface area contributed by atoms with Crippen molar-refractivity contribution in [3.05, 3.63) is 35.9 Å². The fourth-order valence-corrected chi connectivity index (χ4v) is 3.49. The molecular formula is C23H34N2O4. The predicted molar refractivity (Wildman–Crippen MR) is 112 cm³/mol. The summed E-state index contributed by atoms with van der Waals surface area (Å²) in [5.41, 5.74) is 0.989. The van der Waals surface area contributed by atoms with Crippen LogP contribution in [0.3, 0.4) is 0 Å². The summed E-state index contributed by atoms with van der Waals surface area (Å²) in [7, 11) is 0. The second-order valence-corrected chi connectivity index (χ2v) is 8.04. The lowest BCUT2D eigenvalue weighted by molar-refractivity contribution is -0.149. The van der Waals surface area contributed by atoms with E-state index in [1.54, 1.807) is 0 Å². The summed E-state index contributed by atoms with van der Waals surface area (Å²) in [5.74, 6) is -0.565. The number of amides is 2. The van der Waals surface area contributed by atoms with Gasteiger partial charge in [-0.25, -0.2) is 4.79 Å². The van der Waals surface area contributed by atoms with E-state index in [0.29, 0.717) is 19.3 Å². The molecule has 0 saturated carbocycles. The lowest BCUT2D eigenvalue weighted by Gasteiger charge is -2.22. The van der Waals surface area contributed by atoms with E-state index in [1.807, 2.05) is 44.2 Å². The van der Waals surface area contributed by atoms with E-state index in [0.717, 1.165) is 37.7 Å². The van der Waals surface area contributed by atoms with Gasteiger partial charge in [-0.1, -0.05) is 63.4 Å². The van der Waals surface area contributed by atoms with Crippen LogP contribution < -0.4 is 10.6 Å². The van der Waals surface area contributed by atoms with Gasteiger partial charge in [-0.2, -0.15) is 0 Å². The van der Waals surface area contributed by atoms with E-state index in [-0.39, 0.29) is 30.4 Å². The highest BCUT2D eigenvalue weighted by Gasteiger charge is 2.26. The number of hydrogen-bond donors (Lipinski definition) is 2. The second-order valence-electron chi connectivity index (χ2n) is 8.04. The molecular weight excluding hydrogens is 368 g/mol. The molecule has 0 spiro atoms. The molecule has 1 aliphatic heterocycles. The van der Waals surface area contributed by atoms with Gasteiger partial charge in [0.25, 0.3) is 0 Å². The van der Waals surface area contributed by atoms with Crippen LogP contribution in [-0.2, 0) is 19.1 Å². The van der Waals surface area contributed by atoms with Crippen LogP contribution in [0.5, 0.6) is 0 Å². The molecule has 2 rings (SSSR count). The van der Waals surface area contributed by atoms with E-state index < -0.39 is 12.0 Å². The Kier molecular flexibility index (Phi) is 9.68. The molecule has 1 saturated heterocycles. The van der Waals surface area contributed by atoms with Crippen molar-refractivity contribution in [2.24, 2.45) is 5.92 Å². The summed E-state index contributed by atoms with van der Waals surface area (Å²) < 4.78 is 5.47. The summed E-state index contributed by atoms with van der Waals surface area (Å²) in [4.78, 5) is 37.1. The Morgan fingerprint density at radius 2 is 1.45 bits per heavy atom. The highest BCUT2D eigenvalue weighted by molar-refractivity contribution is 5.84. The first-order valence-corrected chi connectivity index (χ1v) is 10.8. The van der Waals surface area contributed by atoms with Crippen LogP contribution in [0.4, 0.5) is 0 Å². The van der Waals surface area contributed by atoms with Gasteiger partial charge in [0, 0.05) is 19.3 Å². The van der Waals surface area contributed by atoms with Crippen molar-refractivity contribution in [3.63, 3.8) is 0 Å². The average molecular weight is 403 g/mol. The topological polar surface area (TPSA) is 84.5 Å². The summed E-state index contributed by atoms with van der Waals surface area (Å²) >= 11 is 0. The minimum Gasteiger partial charge on any atom is -0.464 e. The van der Waals surface area contributed by atoms with Crippen LogP contribution in [0.15, 0.2) is 30.3 Å². The Morgan fingerprint density at radius 1 is 0.862 bits per heavy atom. The van der Waals surface area contributed by atoms with Gasteiger partial charge < -0.3 is 15.4 Å². The lowest BCUT2D eigenvalue weighted by atomic mass is 10.0. The molecule has 29 heavy (non-hydrogen) atoms. The van der Waals surface area contributed by atoms with E-state index in [4.69, 9.17) is 4.74 Å². The second kappa shape index (κ2) is 12.2. The number of hydrogen-bond acceptors (Lipinski definition) is 4. The number of carbonyl (C=O) groups excluding carboxylic acids is 3. The SMILES string of the molecule is CC(C)[C@@H]1NC(=O)CCCCCCCC(=O)N[C@H](c2ccccc2)CCOC1=O. The summed E-state index contributed by atoms with van der Waals surface area (Å²) in [6.07, 6.45) is 5.92. The Bertz CT molecular complexity index is 660. The van der Waals surface area contributed by atoms with Crippen LogP contribution in [-0.4, -0.2) is 30.4 Å². The number of cyclic esters (lactones) is 1. The van der Waals surface area contributed by atoms with Crippen molar-refractivity contribution in [1.29, 1.82) is 0 Å². The van der Waals surface area contributed by atoms with Gasteiger partial charge in [0.1, 0.15) is 6.04 Å². The van der Waals surface area contributed by atoms with Gasteiger partial charge in [-0.3, -0.25) is 9.59 Å². The standard InChI is InChI=1S/C23H34N2O4/c1-17(2)22-23(28)29-16-15-19(18-11-7-6-8-12-18)24-20(26)13-9-4-3-5-10-14-21(27)25-22/h6-8,11-12,17,19,22H,3-5,9-10,13-16H2,1-2H3,(H,24,26)(H,25,27)/t19-,22-/m0/s1. The molecule has 2 atom stereocenters. The molecule has 6 heteroatoms. The third-order valence-corrected chi connectivity index (χ3v) is 5.23. The van der Waals surface area contributed by atoms with Gasteiger partial charge >= 0.3 is 5.97 Å². The fraction of sp³-hybridized carbons (Fsp3) is 0.609. The Hall–Kier alpha value is -2.37. The van der Waals surface area contributed by atoms with E-state index in [1.165, 1.54) is 0 Å². The van der Waals surface area contributed by atoms with Crippen molar-refractivity contribution < 1.29 is 19.1 Å². The highest BCUT2D eigenvalue weighted by atomic mass is 16.5. The van der Waals surface area contributed by atoms with Crippen LogP contribution in [0.1, 0.15) is 76.8 Å². The maximum absolute atomic E-state index is 12.5. The van der Waals surface area contributed by atoms with E-state index in [2.05, 4.69) is 10.6 Å². The van der Waals surface area contributed by atoms with Gasteiger partial charge in [-0.05, 0) is 24.3 Å². The molecule has 0 aromatic heterocycles. The average Bonchev–Trinajstić information content (AvgIpc) is 2.70. The molecule has 2 amide bonds. The molecule has 1 aromatic rings. The number of esters is 1. The molecule has 1 aromatic carbocycles. The maximum atomic E-state index is 12.5. The minimum absolute atomic E-state index is 0.0198. The number of carbonyl (C=O) groups is 3. The van der Waals surface area contributed by atoms with Crippen molar-refractivity contribution in [3.8, 4) is 0 Å². The molecule has 0 unspecified atom stereocenters. The zero-order valence-electron chi connectivity index (χ0n) is 17.6. The zero-order valence-corrected chi connectivity index (χ0v) is 17.6. The monoisotopic (exact) mass is 402 g/mol. The van der Waals surface area contributed by atoms with Crippen LogP contribution in [0, 0.1) is 5.92 Å². The van der Waals surface area contributed by atoms with Crippen molar-refractivity contribution in [2.45, 2.75) is 77.3 Å². The minimum atomic E-state index is -0.650. The molecule has 0 radical (unpaired) electrons. The normalized spacial score (nSPS) is 23.6. The van der Waals surface area contributed by atoms with Gasteiger partial charge in [0.05, 0.1) is 12.6 Å². The smallest absolute Gasteiger partial charge is 0.328 e. The first kappa shape index (κ1) is 22.9. The van der Waals surface area contributed by atoms with Gasteiger partial charge in [0.15, 0.2) is 0 Å². The number of benzene rings is 1. The molecule has 2 N–H and O–H groups in total. The fourth-order valence-electron chi connectivity index (χ4n) is 3.49. The number of nitrogens with one attached hydrogen (secondary N) is 2. The summed E-state index contributed by atoms with van der Waals surface area (Å²) in [6.45, 7) is 3.96. The highest BCUT2D eigenvalue weighted by Crippen LogP contribution is 2.18. The van der Waals surface area contributed by atoms with Crippen LogP contribution >= 0.6 is 0 Å². The van der Waals surface area contributed by atoms with Crippen molar-refractivity contribution in [2.75, 3.05) is 6.61 Å². The van der Waals surface area contributed by atoms with Crippen molar-refractivity contribution in [1.82, 2.24) is 10.6 Å². The molecule has 1 fully saturated rings. The zero-order chi connectivity index (χ0) is 21.1. The van der Waals surface area contributed by atoms with Crippen LogP contribution in [0.25, 0.3) is 0 Å². The predicted octanol–water partition coefficient (Wildman–Crippen LogP) is 3.66. The van der Waals surface area contributed by atoms with E-state index >= 15 is 0 Å². The molecule has 6 nitrogen and oxygen atoms in total. The number of rotatable bonds is 2. The quantitative estimate of drug-likeness (QED) is 0.740. The van der Waals surface area contributed by atoms with Crippen molar-refractivity contribution >= 4 is 17.8 Å². The Balaban J connectivity index is 2.08. The van der Waals surface area contributed by atoms with Crippen LogP contribution in [0.2, 0.25) is 0 Å². The lowest BCUT2D eigenvalue weighted by Crippen LogP contribution is -2.45. The van der Waals surface area contributed by atoms with Gasteiger partial charge in [0.2, 0.25) is 11.8 Å². The Labute approximate surface area is 173 Å². The summed E-state index contributed by atoms with van der Waals surface area (Å²) in [6, 6.07) is 8.86. The number of ether oxygens (including phenoxy) is 1. The molecule has 1 heterocycles. The maximum Gasteiger partial charge on any atom is 0.328 e. The molecule has 160 valence electrons. The first-order chi connectivity index (χ1) is 14.0. The first-order valence-electron chi connectivity index (χ1n) is 10.8. The van der Waals surface area contributed by atoms with Gasteiger partial charge in [-0.15, -0.1) is 0 Å². The third kappa shape index (κ3) is 8.26. The Morgan fingerprint density at radius 3 is 2.07 bits per heavy atom. The summed E-state index contributed by atoms with van der Waals surface area (Å²) in [5, 5.41) is 5.91. The van der Waals surface area contributed by atoms with E-state index in [9.17, 15) is 14.4 Å². The molecule has 0 bridgehead atoms. The molecule has 0 aliphatic carbocycles. The molecule has 1 aliphatic rings.